The number of anilines is 1. The third kappa shape index (κ3) is 4.79. The fourth-order valence-corrected chi connectivity index (χ4v) is 3.25. The van der Waals surface area contributed by atoms with Crippen LogP contribution < -0.4 is 10.4 Å². The summed E-state index contributed by atoms with van der Waals surface area (Å²) in [6.45, 7) is -1.62. The van der Waals surface area contributed by atoms with Gasteiger partial charge in [-0.25, -0.2) is 9.78 Å². The minimum Gasteiger partial charge on any atom is -0.335 e. The predicted octanol–water partition coefficient (Wildman–Crippen LogP) is 3.57. The molecule has 0 bridgehead atoms. The second-order valence-corrected chi connectivity index (χ2v) is 7.01. The first kappa shape index (κ1) is 21.9. The van der Waals surface area contributed by atoms with Crippen molar-refractivity contribution in [3.05, 3.63) is 61.2 Å². The number of hydrogen-bond acceptors (Lipinski definition) is 5. The van der Waals surface area contributed by atoms with E-state index in [1.165, 1.54) is 12.1 Å². The van der Waals surface area contributed by atoms with Crippen molar-refractivity contribution in [2.24, 2.45) is 7.05 Å². The summed E-state index contributed by atoms with van der Waals surface area (Å²) >= 11 is 0. The largest absolute Gasteiger partial charge is 0.405 e. The zero-order valence-corrected chi connectivity index (χ0v) is 17.2. The molecule has 1 aromatic carbocycles. The van der Waals surface area contributed by atoms with E-state index in [2.05, 4.69) is 14.9 Å². The van der Waals surface area contributed by atoms with Gasteiger partial charge in [0.2, 0.25) is 0 Å². The number of imidazole rings is 1. The van der Waals surface area contributed by atoms with E-state index in [9.17, 15) is 22.8 Å². The standard InChI is InChI=1S/C21H17F3N6O3/c1-28-11-16(9-27-28)14-5-6-29-18(10-25-19(29)8-14)15-3-2-4-17(7-15)30(33-13-31)20(32)26-12-21(22,23)24/h2-11,13H,12H2,1H3,(H,26,32). The van der Waals surface area contributed by atoms with Crippen molar-refractivity contribution in [2.75, 3.05) is 11.6 Å². The van der Waals surface area contributed by atoms with Crippen LogP contribution in [0.4, 0.5) is 23.7 Å². The molecule has 2 amide bonds. The van der Waals surface area contributed by atoms with Crippen LogP contribution >= 0.6 is 0 Å². The molecule has 9 nitrogen and oxygen atoms in total. The molecular weight excluding hydrogens is 441 g/mol. The van der Waals surface area contributed by atoms with Crippen LogP contribution in [-0.4, -0.2) is 44.4 Å². The van der Waals surface area contributed by atoms with Crippen molar-refractivity contribution in [3.63, 3.8) is 0 Å². The molecule has 3 heterocycles. The van der Waals surface area contributed by atoms with Crippen LogP contribution in [0.5, 0.6) is 0 Å². The minimum atomic E-state index is -4.62. The number of halogens is 3. The van der Waals surface area contributed by atoms with Crippen molar-refractivity contribution in [3.8, 4) is 22.4 Å². The highest BCUT2D eigenvalue weighted by molar-refractivity contribution is 5.91. The summed E-state index contributed by atoms with van der Waals surface area (Å²) in [6.07, 6.45) is 2.45. The number of nitrogens with one attached hydrogen (secondary N) is 1. The van der Waals surface area contributed by atoms with Gasteiger partial charge in [-0.15, -0.1) is 5.06 Å². The number of aryl methyl sites for hydroxylation is 1. The van der Waals surface area contributed by atoms with Crippen LogP contribution in [0.25, 0.3) is 28.0 Å². The summed E-state index contributed by atoms with van der Waals surface area (Å²) < 4.78 is 40.8. The maximum atomic E-state index is 12.4. The molecule has 1 N–H and O–H groups in total. The van der Waals surface area contributed by atoms with E-state index in [1.807, 2.05) is 36.0 Å². The zero-order valence-electron chi connectivity index (χ0n) is 17.2. The smallest absolute Gasteiger partial charge is 0.335 e. The van der Waals surface area contributed by atoms with Gasteiger partial charge in [-0.05, 0) is 29.8 Å². The molecule has 3 aromatic heterocycles. The van der Waals surface area contributed by atoms with Gasteiger partial charge >= 0.3 is 18.7 Å². The van der Waals surface area contributed by atoms with Gasteiger partial charge in [0.25, 0.3) is 0 Å². The summed E-state index contributed by atoms with van der Waals surface area (Å²) in [5.41, 5.74) is 3.82. The summed E-state index contributed by atoms with van der Waals surface area (Å²) in [6, 6.07) is 8.76. The van der Waals surface area contributed by atoms with E-state index in [0.717, 1.165) is 11.1 Å². The second-order valence-electron chi connectivity index (χ2n) is 7.01. The van der Waals surface area contributed by atoms with E-state index in [-0.39, 0.29) is 12.2 Å². The monoisotopic (exact) mass is 458 g/mol. The quantitative estimate of drug-likeness (QED) is 0.352. The van der Waals surface area contributed by atoms with Gasteiger partial charge in [0, 0.05) is 30.6 Å². The fraction of sp³-hybridized carbons (Fsp3) is 0.143. The molecule has 0 aliphatic heterocycles. The number of pyridine rings is 1. The second kappa shape index (κ2) is 8.65. The van der Waals surface area contributed by atoms with Gasteiger partial charge in [0.1, 0.15) is 12.2 Å². The lowest BCUT2D eigenvalue weighted by Gasteiger charge is -2.20. The Morgan fingerprint density at radius 1 is 1.18 bits per heavy atom. The number of fused-ring (bicyclic) bond motifs is 1. The maximum absolute atomic E-state index is 12.4. The van der Waals surface area contributed by atoms with Gasteiger partial charge in [-0.1, -0.05) is 12.1 Å². The van der Waals surface area contributed by atoms with E-state index in [4.69, 9.17) is 0 Å². The first-order valence-electron chi connectivity index (χ1n) is 9.57. The predicted molar refractivity (Wildman–Crippen MR) is 112 cm³/mol. The number of aromatic nitrogens is 4. The average Bonchev–Trinajstić information content (AvgIpc) is 3.41. The first-order valence-corrected chi connectivity index (χ1v) is 9.57. The molecule has 0 radical (unpaired) electrons. The van der Waals surface area contributed by atoms with Crippen LogP contribution in [0.15, 0.2) is 61.2 Å². The van der Waals surface area contributed by atoms with Crippen molar-refractivity contribution in [1.29, 1.82) is 0 Å². The molecule has 33 heavy (non-hydrogen) atoms. The summed E-state index contributed by atoms with van der Waals surface area (Å²) in [5.74, 6) is 0. The highest BCUT2D eigenvalue weighted by Crippen LogP contribution is 2.28. The third-order valence-corrected chi connectivity index (χ3v) is 4.70. The number of benzene rings is 1. The number of carbonyl (C=O) groups is 2. The molecule has 170 valence electrons. The number of hydrogen-bond donors (Lipinski definition) is 1. The van der Waals surface area contributed by atoms with Gasteiger partial charge in [-0.2, -0.15) is 18.3 Å². The number of hydroxylamine groups is 1. The zero-order chi connectivity index (χ0) is 23.6. The third-order valence-electron chi connectivity index (χ3n) is 4.70. The van der Waals surface area contributed by atoms with Crippen LogP contribution in [0.2, 0.25) is 0 Å². The molecule has 12 heteroatoms. The van der Waals surface area contributed by atoms with Crippen LogP contribution in [-0.2, 0) is 16.7 Å². The molecule has 0 saturated heterocycles. The molecule has 4 aromatic rings. The highest BCUT2D eigenvalue weighted by atomic mass is 19.4. The Morgan fingerprint density at radius 2 is 2.00 bits per heavy atom. The van der Waals surface area contributed by atoms with Crippen molar-refractivity contribution >= 4 is 23.8 Å². The van der Waals surface area contributed by atoms with Gasteiger partial charge < -0.3 is 10.2 Å². The lowest BCUT2D eigenvalue weighted by atomic mass is 10.1. The van der Waals surface area contributed by atoms with Crippen molar-refractivity contribution in [1.82, 2.24) is 24.5 Å². The topological polar surface area (TPSA) is 93.8 Å². The number of rotatable bonds is 6. The van der Waals surface area contributed by atoms with E-state index < -0.39 is 18.8 Å². The molecular formula is C21H17F3N6O3. The molecule has 0 spiro atoms. The normalized spacial score (nSPS) is 11.4. The Bertz CT molecular complexity index is 1310. The Kier molecular flexibility index (Phi) is 5.73. The Hall–Kier alpha value is -4.35. The number of carbonyl (C=O) groups excluding carboxylic acids is 2. The number of nitrogens with zero attached hydrogens (tertiary/aromatic N) is 5. The van der Waals surface area contributed by atoms with Crippen molar-refractivity contribution in [2.45, 2.75) is 6.18 Å². The molecule has 0 unspecified atom stereocenters. The maximum Gasteiger partial charge on any atom is 0.405 e. The Labute approximate surface area is 185 Å². The minimum absolute atomic E-state index is 0.0476. The fourth-order valence-electron chi connectivity index (χ4n) is 3.25. The Balaban J connectivity index is 1.65. The SMILES string of the molecule is Cn1cc(-c2ccn3c(-c4cccc(N(OC=O)C(=O)NCC(F)(F)F)c4)cnc3c2)cn1. The molecule has 0 aliphatic carbocycles. The molecule has 0 aliphatic rings. The van der Waals surface area contributed by atoms with Gasteiger partial charge in [0.05, 0.1) is 23.8 Å². The highest BCUT2D eigenvalue weighted by Gasteiger charge is 2.30. The van der Waals surface area contributed by atoms with Crippen LogP contribution in [0.3, 0.4) is 0 Å². The van der Waals surface area contributed by atoms with Gasteiger partial charge in [0.15, 0.2) is 0 Å². The van der Waals surface area contributed by atoms with Crippen LogP contribution in [0, 0.1) is 0 Å². The summed E-state index contributed by atoms with van der Waals surface area (Å²) in [4.78, 5) is 32.1. The first-order chi connectivity index (χ1) is 15.7. The molecule has 0 saturated carbocycles. The Morgan fingerprint density at radius 3 is 2.70 bits per heavy atom. The van der Waals surface area contributed by atoms with Crippen molar-refractivity contribution < 1.29 is 27.6 Å². The molecule has 4 rings (SSSR count). The van der Waals surface area contributed by atoms with E-state index >= 15 is 0 Å². The van der Waals surface area contributed by atoms with Crippen LogP contribution in [0.1, 0.15) is 0 Å². The number of amides is 2. The number of alkyl halides is 3. The molecule has 0 atom stereocenters. The molecule has 0 fully saturated rings. The number of urea groups is 1. The summed E-state index contributed by atoms with van der Waals surface area (Å²) in [7, 11) is 1.82. The lowest BCUT2D eigenvalue weighted by Crippen LogP contribution is -2.43. The average molecular weight is 458 g/mol. The van der Waals surface area contributed by atoms with Gasteiger partial charge in [-0.3, -0.25) is 13.9 Å². The lowest BCUT2D eigenvalue weighted by molar-refractivity contribution is -0.129. The van der Waals surface area contributed by atoms with E-state index in [1.54, 1.807) is 34.5 Å². The van der Waals surface area contributed by atoms with E-state index in [0.29, 0.717) is 22.0 Å². The summed E-state index contributed by atoms with van der Waals surface area (Å²) in [5, 5.41) is 6.28.